The number of nitrogens with two attached hydrogens (primary N) is 1. The number of aromatic nitrogens is 4. The number of ether oxygens (including phenoxy) is 1. The highest BCUT2D eigenvalue weighted by Gasteiger charge is 2.25. The molecule has 1 aliphatic heterocycles. The van der Waals surface area contributed by atoms with Crippen LogP contribution < -0.4 is 5.73 Å². The van der Waals surface area contributed by atoms with Crippen LogP contribution in [0, 0.1) is 11.3 Å². The maximum atomic E-state index is 9.33. The lowest BCUT2D eigenvalue weighted by atomic mass is 10.1. The Hall–Kier alpha value is -2.50. The third kappa shape index (κ3) is 2.33. The Kier molecular flexibility index (Phi) is 3.67. The lowest BCUT2D eigenvalue weighted by molar-refractivity contribution is 0.193. The van der Waals surface area contributed by atoms with Crippen molar-refractivity contribution in [2.45, 2.75) is 12.3 Å². The SMILES string of the molecule is N#Cc1ccccc1-c1nc(N)n2nc(C3CCOC3)nc2c1Br. The van der Waals surface area contributed by atoms with E-state index >= 15 is 0 Å². The summed E-state index contributed by atoms with van der Waals surface area (Å²) in [4.78, 5) is 9.05. The van der Waals surface area contributed by atoms with Crippen LogP contribution in [-0.4, -0.2) is 32.8 Å². The molecule has 1 unspecified atom stereocenters. The number of hydrogen-bond acceptors (Lipinski definition) is 6. The Morgan fingerprint density at radius 3 is 2.92 bits per heavy atom. The van der Waals surface area contributed by atoms with Gasteiger partial charge in [-0.2, -0.15) is 9.78 Å². The number of rotatable bonds is 2. The number of nitrogen functional groups attached to an aromatic ring is 1. The summed E-state index contributed by atoms with van der Waals surface area (Å²) < 4.78 is 7.60. The van der Waals surface area contributed by atoms with Gasteiger partial charge < -0.3 is 10.5 Å². The summed E-state index contributed by atoms with van der Waals surface area (Å²) in [5, 5.41) is 13.8. The zero-order valence-electron chi connectivity index (χ0n) is 12.6. The van der Waals surface area contributed by atoms with Crippen LogP contribution in [0.4, 0.5) is 5.95 Å². The summed E-state index contributed by atoms with van der Waals surface area (Å²) in [7, 11) is 0. The Labute approximate surface area is 146 Å². The fourth-order valence-electron chi connectivity index (χ4n) is 2.82. The molecule has 1 saturated heterocycles. The van der Waals surface area contributed by atoms with Crippen molar-refractivity contribution in [1.82, 2.24) is 19.6 Å². The van der Waals surface area contributed by atoms with E-state index in [-0.39, 0.29) is 11.9 Å². The Morgan fingerprint density at radius 1 is 1.33 bits per heavy atom. The van der Waals surface area contributed by atoms with Crippen molar-refractivity contribution >= 4 is 27.5 Å². The molecule has 1 aromatic carbocycles. The van der Waals surface area contributed by atoms with Crippen LogP contribution in [0.1, 0.15) is 23.7 Å². The third-order valence-corrected chi connectivity index (χ3v) is 4.80. The number of nitriles is 1. The van der Waals surface area contributed by atoms with E-state index in [1.165, 1.54) is 4.52 Å². The van der Waals surface area contributed by atoms with Crippen molar-refractivity contribution in [1.29, 1.82) is 5.26 Å². The van der Waals surface area contributed by atoms with Crippen LogP contribution in [0.15, 0.2) is 28.7 Å². The highest BCUT2D eigenvalue weighted by Crippen LogP contribution is 2.33. The summed E-state index contributed by atoms with van der Waals surface area (Å²) >= 11 is 3.56. The number of anilines is 1. The van der Waals surface area contributed by atoms with Gasteiger partial charge in [0.25, 0.3) is 0 Å². The molecule has 7 nitrogen and oxygen atoms in total. The Morgan fingerprint density at radius 2 is 2.17 bits per heavy atom. The van der Waals surface area contributed by atoms with Gasteiger partial charge in [-0.15, -0.1) is 5.10 Å². The second-order valence-electron chi connectivity index (χ2n) is 5.56. The average molecular weight is 385 g/mol. The smallest absolute Gasteiger partial charge is 0.223 e. The van der Waals surface area contributed by atoms with E-state index in [0.29, 0.717) is 39.4 Å². The molecule has 1 fully saturated rings. The summed E-state index contributed by atoms with van der Waals surface area (Å²) in [5.74, 6) is 1.10. The molecule has 8 heteroatoms. The van der Waals surface area contributed by atoms with Gasteiger partial charge >= 0.3 is 0 Å². The fourth-order valence-corrected chi connectivity index (χ4v) is 3.38. The molecule has 24 heavy (non-hydrogen) atoms. The van der Waals surface area contributed by atoms with Crippen LogP contribution in [0.25, 0.3) is 16.9 Å². The monoisotopic (exact) mass is 384 g/mol. The minimum Gasteiger partial charge on any atom is -0.381 e. The molecule has 3 aromatic rings. The molecule has 1 aliphatic rings. The van der Waals surface area contributed by atoms with Crippen LogP contribution >= 0.6 is 15.9 Å². The van der Waals surface area contributed by atoms with Gasteiger partial charge in [0.2, 0.25) is 5.95 Å². The molecule has 0 bridgehead atoms. The highest BCUT2D eigenvalue weighted by molar-refractivity contribution is 9.10. The van der Waals surface area contributed by atoms with Crippen molar-refractivity contribution in [3.8, 4) is 17.3 Å². The van der Waals surface area contributed by atoms with E-state index in [0.717, 1.165) is 13.0 Å². The van der Waals surface area contributed by atoms with Crippen LogP contribution in [-0.2, 0) is 4.74 Å². The van der Waals surface area contributed by atoms with Gasteiger partial charge in [0, 0.05) is 18.1 Å². The largest absolute Gasteiger partial charge is 0.381 e. The topological polar surface area (TPSA) is 102 Å². The normalized spacial score (nSPS) is 17.2. The minimum atomic E-state index is 0.172. The van der Waals surface area contributed by atoms with Crippen molar-refractivity contribution in [3.63, 3.8) is 0 Å². The zero-order valence-corrected chi connectivity index (χ0v) is 14.2. The number of halogens is 1. The minimum absolute atomic E-state index is 0.172. The van der Waals surface area contributed by atoms with Crippen LogP contribution in [0.3, 0.4) is 0 Å². The molecule has 3 heterocycles. The quantitative estimate of drug-likeness (QED) is 0.727. The van der Waals surface area contributed by atoms with Crippen LogP contribution in [0.2, 0.25) is 0 Å². The van der Waals surface area contributed by atoms with E-state index in [4.69, 9.17) is 10.5 Å². The Balaban J connectivity index is 1.92. The van der Waals surface area contributed by atoms with E-state index in [1.807, 2.05) is 18.2 Å². The molecule has 0 amide bonds. The molecule has 120 valence electrons. The first-order valence-electron chi connectivity index (χ1n) is 7.48. The first-order chi connectivity index (χ1) is 11.7. The highest BCUT2D eigenvalue weighted by atomic mass is 79.9. The molecule has 0 aliphatic carbocycles. The van der Waals surface area contributed by atoms with E-state index in [2.05, 4.69) is 37.1 Å². The second kappa shape index (κ2) is 5.85. The van der Waals surface area contributed by atoms with Crippen molar-refractivity contribution in [2.75, 3.05) is 18.9 Å². The van der Waals surface area contributed by atoms with Crippen molar-refractivity contribution in [3.05, 3.63) is 40.1 Å². The third-order valence-electron chi connectivity index (χ3n) is 4.07. The summed E-state index contributed by atoms with van der Waals surface area (Å²) in [5.41, 5.74) is 8.48. The maximum absolute atomic E-state index is 9.33. The first kappa shape index (κ1) is 15.1. The Bertz CT molecular complexity index is 971. The van der Waals surface area contributed by atoms with E-state index < -0.39 is 0 Å². The molecule has 0 radical (unpaired) electrons. The standard InChI is InChI=1S/C16H13BrN6O/c17-12-13(11-4-2-1-3-9(11)7-18)20-16(19)23-15(12)21-14(22-23)10-5-6-24-8-10/h1-4,10H,5-6,8H2,(H2,19,20). The van der Waals surface area contributed by atoms with Gasteiger partial charge in [0.15, 0.2) is 11.5 Å². The molecule has 4 rings (SSSR count). The van der Waals surface area contributed by atoms with E-state index in [9.17, 15) is 5.26 Å². The number of hydrogen-bond donors (Lipinski definition) is 1. The van der Waals surface area contributed by atoms with Gasteiger partial charge in [-0.1, -0.05) is 18.2 Å². The summed E-state index contributed by atoms with van der Waals surface area (Å²) in [6.07, 6.45) is 0.895. The number of benzene rings is 1. The molecule has 0 saturated carbocycles. The van der Waals surface area contributed by atoms with Crippen LogP contribution in [0.5, 0.6) is 0 Å². The maximum Gasteiger partial charge on any atom is 0.223 e. The lowest BCUT2D eigenvalue weighted by Gasteiger charge is -2.08. The summed E-state index contributed by atoms with van der Waals surface area (Å²) in [6.45, 7) is 1.34. The number of fused-ring (bicyclic) bond motifs is 1. The first-order valence-corrected chi connectivity index (χ1v) is 8.27. The average Bonchev–Trinajstić information content (AvgIpc) is 3.27. The second-order valence-corrected chi connectivity index (χ2v) is 6.35. The summed E-state index contributed by atoms with van der Waals surface area (Å²) in [6, 6.07) is 9.43. The van der Waals surface area contributed by atoms with Gasteiger partial charge in [-0.3, -0.25) is 0 Å². The van der Waals surface area contributed by atoms with Crippen molar-refractivity contribution < 1.29 is 4.74 Å². The molecule has 0 spiro atoms. The van der Waals surface area contributed by atoms with E-state index in [1.54, 1.807) is 6.07 Å². The van der Waals surface area contributed by atoms with Gasteiger partial charge in [-0.05, 0) is 28.4 Å². The van der Waals surface area contributed by atoms with Gasteiger partial charge in [0.1, 0.15) is 0 Å². The molecular formula is C16H13BrN6O. The zero-order chi connectivity index (χ0) is 16.7. The molecule has 2 aromatic heterocycles. The molecule has 2 N–H and O–H groups in total. The molecule has 1 atom stereocenters. The van der Waals surface area contributed by atoms with Gasteiger partial charge in [0.05, 0.1) is 28.4 Å². The number of nitrogens with zero attached hydrogens (tertiary/aromatic N) is 5. The van der Waals surface area contributed by atoms with Crippen molar-refractivity contribution in [2.24, 2.45) is 0 Å². The predicted molar refractivity (Wildman–Crippen MR) is 91.2 cm³/mol. The fraction of sp³-hybridized carbons (Fsp3) is 0.250. The molecular weight excluding hydrogens is 372 g/mol. The predicted octanol–water partition coefficient (Wildman–Crippen LogP) is 2.51. The lowest BCUT2D eigenvalue weighted by Crippen LogP contribution is -2.05. The van der Waals surface area contributed by atoms with Gasteiger partial charge in [-0.25, -0.2) is 9.97 Å².